The summed E-state index contributed by atoms with van der Waals surface area (Å²) >= 11 is 1.66. The van der Waals surface area contributed by atoms with E-state index in [-0.39, 0.29) is 23.8 Å². The van der Waals surface area contributed by atoms with Gasteiger partial charge in [-0.25, -0.2) is 4.98 Å². The third kappa shape index (κ3) is 4.77. The van der Waals surface area contributed by atoms with Crippen LogP contribution in [0.4, 0.5) is 0 Å². The molecule has 130 valence electrons. The van der Waals surface area contributed by atoms with Gasteiger partial charge in [-0.3, -0.25) is 9.59 Å². The van der Waals surface area contributed by atoms with E-state index in [9.17, 15) is 9.59 Å². The second-order valence-electron chi connectivity index (χ2n) is 6.70. The van der Waals surface area contributed by atoms with Crippen LogP contribution in [0.3, 0.4) is 0 Å². The Balaban J connectivity index is 3.00. The highest BCUT2D eigenvalue weighted by molar-refractivity contribution is 7.11. The Morgan fingerprint density at radius 2 is 1.74 bits per heavy atom. The van der Waals surface area contributed by atoms with Crippen LogP contribution < -0.4 is 5.32 Å². The summed E-state index contributed by atoms with van der Waals surface area (Å²) in [6, 6.07) is -0.569. The normalized spacial score (nSPS) is 14.0. The molecule has 1 rings (SSSR count). The SMILES string of the molecule is CC(=O)N[C@H](C(=O)N(C)[C@@H](C)c1sc(C(C)C)nc1C)C(C)C. The number of hydrogen-bond donors (Lipinski definition) is 1. The molecule has 5 nitrogen and oxygen atoms in total. The molecule has 0 aliphatic rings. The molecule has 2 atom stereocenters. The first-order valence-corrected chi connectivity index (χ1v) is 8.88. The van der Waals surface area contributed by atoms with E-state index in [0.29, 0.717) is 5.92 Å². The molecule has 1 N–H and O–H groups in total. The maximum Gasteiger partial charge on any atom is 0.245 e. The monoisotopic (exact) mass is 339 g/mol. The molecule has 0 radical (unpaired) electrons. The van der Waals surface area contributed by atoms with Gasteiger partial charge in [0, 0.05) is 24.8 Å². The highest BCUT2D eigenvalue weighted by Crippen LogP contribution is 2.32. The first-order chi connectivity index (χ1) is 10.6. The molecule has 1 aromatic rings. The average Bonchev–Trinajstić information content (AvgIpc) is 2.84. The van der Waals surface area contributed by atoms with E-state index in [1.807, 2.05) is 27.7 Å². The number of nitrogens with zero attached hydrogens (tertiary/aromatic N) is 2. The van der Waals surface area contributed by atoms with E-state index in [1.54, 1.807) is 23.3 Å². The fourth-order valence-electron chi connectivity index (χ4n) is 2.38. The number of rotatable bonds is 6. The lowest BCUT2D eigenvalue weighted by atomic mass is 10.0. The largest absolute Gasteiger partial charge is 0.344 e. The van der Waals surface area contributed by atoms with Gasteiger partial charge in [-0.05, 0) is 19.8 Å². The zero-order valence-electron chi connectivity index (χ0n) is 15.4. The third-order valence-electron chi connectivity index (χ3n) is 3.94. The van der Waals surface area contributed by atoms with Crippen molar-refractivity contribution < 1.29 is 9.59 Å². The molecule has 0 aromatic carbocycles. The van der Waals surface area contributed by atoms with E-state index < -0.39 is 6.04 Å². The van der Waals surface area contributed by atoms with Crippen molar-refractivity contribution in [2.45, 2.75) is 66.5 Å². The number of amides is 2. The molecule has 0 aliphatic carbocycles. The first-order valence-electron chi connectivity index (χ1n) is 8.07. The van der Waals surface area contributed by atoms with Crippen LogP contribution in [0.2, 0.25) is 0 Å². The van der Waals surface area contributed by atoms with Gasteiger partial charge in [0.15, 0.2) is 0 Å². The quantitative estimate of drug-likeness (QED) is 0.865. The van der Waals surface area contributed by atoms with Crippen LogP contribution in [0.25, 0.3) is 0 Å². The Labute approximate surface area is 143 Å². The standard InChI is InChI=1S/C17H29N3O2S/c1-9(2)14(19-13(7)21)17(22)20(8)12(6)15-11(5)18-16(23-15)10(3)4/h9-10,12,14H,1-8H3,(H,19,21)/t12-,14-/m0/s1. The molecule has 0 unspecified atom stereocenters. The van der Waals surface area contributed by atoms with E-state index >= 15 is 0 Å². The third-order valence-corrected chi connectivity index (χ3v) is 5.57. The number of likely N-dealkylation sites (N-methyl/N-ethyl adjacent to an activating group) is 1. The van der Waals surface area contributed by atoms with Gasteiger partial charge in [-0.1, -0.05) is 27.7 Å². The minimum atomic E-state index is -0.502. The summed E-state index contributed by atoms with van der Waals surface area (Å²) in [7, 11) is 1.79. The Morgan fingerprint density at radius 1 is 1.17 bits per heavy atom. The second kappa shape index (κ2) is 7.90. The molecule has 1 heterocycles. The van der Waals surface area contributed by atoms with Crippen LogP contribution in [0.1, 0.15) is 69.1 Å². The van der Waals surface area contributed by atoms with Gasteiger partial charge in [-0.2, -0.15) is 0 Å². The molecule has 0 aliphatic heterocycles. The first kappa shape index (κ1) is 19.6. The summed E-state index contributed by atoms with van der Waals surface area (Å²) in [6.07, 6.45) is 0. The molecule has 0 spiro atoms. The van der Waals surface area contributed by atoms with Gasteiger partial charge in [0.25, 0.3) is 0 Å². The van der Waals surface area contributed by atoms with Crippen molar-refractivity contribution in [3.05, 3.63) is 15.6 Å². The lowest BCUT2D eigenvalue weighted by molar-refractivity contribution is -0.137. The number of aryl methyl sites for hydroxylation is 1. The zero-order chi connectivity index (χ0) is 17.9. The summed E-state index contributed by atoms with van der Waals surface area (Å²) in [5.74, 6) is 0.161. The smallest absolute Gasteiger partial charge is 0.245 e. The number of carbonyl (C=O) groups excluding carboxylic acids is 2. The predicted molar refractivity (Wildman–Crippen MR) is 94.6 cm³/mol. The van der Waals surface area contributed by atoms with Crippen LogP contribution in [0.15, 0.2) is 0 Å². The Kier molecular flexibility index (Phi) is 6.74. The van der Waals surface area contributed by atoms with Gasteiger partial charge in [0.1, 0.15) is 6.04 Å². The van der Waals surface area contributed by atoms with Crippen molar-refractivity contribution >= 4 is 23.2 Å². The molecule has 0 bridgehead atoms. The lowest BCUT2D eigenvalue weighted by Crippen LogP contribution is -2.50. The number of hydrogen-bond acceptors (Lipinski definition) is 4. The van der Waals surface area contributed by atoms with E-state index in [2.05, 4.69) is 24.1 Å². The van der Waals surface area contributed by atoms with E-state index in [1.165, 1.54) is 6.92 Å². The highest BCUT2D eigenvalue weighted by Gasteiger charge is 2.30. The summed E-state index contributed by atoms with van der Waals surface area (Å²) in [5.41, 5.74) is 0.978. The van der Waals surface area contributed by atoms with Crippen molar-refractivity contribution in [3.63, 3.8) is 0 Å². The zero-order valence-corrected chi connectivity index (χ0v) is 16.2. The maximum absolute atomic E-state index is 12.8. The van der Waals surface area contributed by atoms with Crippen LogP contribution in [0, 0.1) is 12.8 Å². The molecule has 0 saturated carbocycles. The van der Waals surface area contributed by atoms with Gasteiger partial charge >= 0.3 is 0 Å². The highest BCUT2D eigenvalue weighted by atomic mass is 32.1. The topological polar surface area (TPSA) is 62.3 Å². The molecule has 6 heteroatoms. The van der Waals surface area contributed by atoms with Crippen LogP contribution in [0.5, 0.6) is 0 Å². The number of thiazole rings is 1. The van der Waals surface area contributed by atoms with E-state index in [0.717, 1.165) is 15.6 Å². The molecular weight excluding hydrogens is 310 g/mol. The maximum atomic E-state index is 12.8. The van der Waals surface area contributed by atoms with Crippen LogP contribution >= 0.6 is 11.3 Å². The van der Waals surface area contributed by atoms with Gasteiger partial charge in [-0.15, -0.1) is 11.3 Å². The average molecular weight is 340 g/mol. The molecule has 23 heavy (non-hydrogen) atoms. The van der Waals surface area contributed by atoms with Crippen molar-refractivity contribution in [1.29, 1.82) is 0 Å². The van der Waals surface area contributed by atoms with Crippen LogP contribution in [-0.2, 0) is 9.59 Å². The van der Waals surface area contributed by atoms with Gasteiger partial charge < -0.3 is 10.2 Å². The van der Waals surface area contributed by atoms with Crippen molar-refractivity contribution in [3.8, 4) is 0 Å². The summed E-state index contributed by atoms with van der Waals surface area (Å²) < 4.78 is 0. The van der Waals surface area contributed by atoms with E-state index in [4.69, 9.17) is 0 Å². The van der Waals surface area contributed by atoms with Crippen molar-refractivity contribution in [2.75, 3.05) is 7.05 Å². The summed E-state index contributed by atoms with van der Waals surface area (Å²) in [5, 5.41) is 3.85. The van der Waals surface area contributed by atoms with Gasteiger partial charge in [0.05, 0.1) is 16.7 Å². The van der Waals surface area contributed by atoms with Crippen molar-refractivity contribution in [1.82, 2.24) is 15.2 Å². The minimum absolute atomic E-state index is 0.0369. The molecular formula is C17H29N3O2S. The second-order valence-corrected chi connectivity index (χ2v) is 7.77. The van der Waals surface area contributed by atoms with Crippen LogP contribution in [-0.4, -0.2) is 34.8 Å². The Bertz CT molecular complexity index is 566. The number of carbonyl (C=O) groups is 2. The molecule has 0 saturated heterocycles. The number of nitrogens with one attached hydrogen (secondary N) is 1. The minimum Gasteiger partial charge on any atom is -0.344 e. The molecule has 2 amide bonds. The van der Waals surface area contributed by atoms with Crippen molar-refractivity contribution in [2.24, 2.45) is 5.92 Å². The van der Waals surface area contributed by atoms with Gasteiger partial charge in [0.2, 0.25) is 11.8 Å². The Morgan fingerprint density at radius 3 is 2.13 bits per heavy atom. The summed E-state index contributed by atoms with van der Waals surface area (Å²) in [4.78, 5) is 31.6. The Hall–Kier alpha value is -1.43. The molecule has 0 fully saturated rings. The molecule has 1 aromatic heterocycles. The number of aromatic nitrogens is 1. The summed E-state index contributed by atoms with van der Waals surface area (Å²) in [6.45, 7) is 13.5. The lowest BCUT2D eigenvalue weighted by Gasteiger charge is -2.30. The fourth-order valence-corrected chi connectivity index (χ4v) is 3.55. The predicted octanol–water partition coefficient (Wildman–Crippen LogP) is 3.26. The fraction of sp³-hybridized carbons (Fsp3) is 0.706.